The van der Waals surface area contributed by atoms with E-state index in [1.54, 1.807) is 0 Å². The van der Waals surface area contributed by atoms with Gasteiger partial charge in [-0.2, -0.15) is 0 Å². The van der Waals surface area contributed by atoms with Crippen LogP contribution in [0.3, 0.4) is 0 Å². The minimum Gasteiger partial charge on any atom is -0.341 e. The fourth-order valence-corrected chi connectivity index (χ4v) is 2.25. The van der Waals surface area contributed by atoms with Crippen LogP contribution in [0.4, 0.5) is 5.95 Å². The Morgan fingerprint density at radius 2 is 2.00 bits per heavy atom. The van der Waals surface area contributed by atoms with Gasteiger partial charge < -0.3 is 10.6 Å². The standard InChI is InChI=1S/C13H22N4/c1-11(14)10-12-6-7-15-13(16-12)17-8-4-2-3-5-9-17/h6-7,11H,2-5,8-10,14H2,1H3. The predicted octanol–water partition coefficient (Wildman–Crippen LogP) is 1.75. The molecule has 0 bridgehead atoms. The van der Waals surface area contributed by atoms with Gasteiger partial charge in [-0.3, -0.25) is 0 Å². The molecule has 1 saturated heterocycles. The fraction of sp³-hybridized carbons (Fsp3) is 0.692. The largest absolute Gasteiger partial charge is 0.341 e. The van der Waals surface area contributed by atoms with Crippen LogP contribution in [-0.4, -0.2) is 29.1 Å². The van der Waals surface area contributed by atoms with E-state index < -0.39 is 0 Å². The molecule has 2 N–H and O–H groups in total. The van der Waals surface area contributed by atoms with Crippen LogP contribution in [0.2, 0.25) is 0 Å². The van der Waals surface area contributed by atoms with Crippen molar-refractivity contribution in [3.63, 3.8) is 0 Å². The molecule has 17 heavy (non-hydrogen) atoms. The Hall–Kier alpha value is -1.16. The summed E-state index contributed by atoms with van der Waals surface area (Å²) in [5.74, 6) is 0.880. The first-order valence-corrected chi connectivity index (χ1v) is 6.58. The highest BCUT2D eigenvalue weighted by atomic mass is 15.2. The number of aromatic nitrogens is 2. The molecular weight excluding hydrogens is 212 g/mol. The minimum atomic E-state index is 0.155. The summed E-state index contributed by atoms with van der Waals surface area (Å²) >= 11 is 0. The summed E-state index contributed by atoms with van der Waals surface area (Å²) in [7, 11) is 0. The third-order valence-corrected chi connectivity index (χ3v) is 3.12. The van der Waals surface area contributed by atoms with Crippen molar-refractivity contribution in [1.29, 1.82) is 0 Å². The molecule has 1 atom stereocenters. The molecule has 1 unspecified atom stereocenters. The maximum Gasteiger partial charge on any atom is 0.225 e. The Labute approximate surface area is 103 Å². The van der Waals surface area contributed by atoms with Crippen LogP contribution in [0.15, 0.2) is 12.3 Å². The molecule has 94 valence electrons. The van der Waals surface area contributed by atoms with Crippen LogP contribution < -0.4 is 10.6 Å². The lowest BCUT2D eigenvalue weighted by Crippen LogP contribution is -2.27. The Bertz CT molecular complexity index is 343. The molecule has 1 fully saturated rings. The summed E-state index contributed by atoms with van der Waals surface area (Å²) in [6.07, 6.45) is 7.84. The number of hydrogen-bond donors (Lipinski definition) is 1. The average molecular weight is 234 g/mol. The van der Waals surface area contributed by atoms with Gasteiger partial charge in [-0.15, -0.1) is 0 Å². The van der Waals surface area contributed by atoms with Crippen molar-refractivity contribution in [3.8, 4) is 0 Å². The zero-order valence-electron chi connectivity index (χ0n) is 10.6. The highest BCUT2D eigenvalue weighted by molar-refractivity contribution is 5.30. The van der Waals surface area contributed by atoms with Crippen molar-refractivity contribution in [3.05, 3.63) is 18.0 Å². The summed E-state index contributed by atoms with van der Waals surface area (Å²) in [6, 6.07) is 2.12. The van der Waals surface area contributed by atoms with Gasteiger partial charge in [-0.1, -0.05) is 12.8 Å². The molecule has 0 spiro atoms. The maximum atomic E-state index is 5.80. The van der Waals surface area contributed by atoms with Crippen LogP contribution in [0, 0.1) is 0 Å². The van der Waals surface area contributed by atoms with Gasteiger partial charge in [-0.25, -0.2) is 9.97 Å². The van der Waals surface area contributed by atoms with E-state index in [4.69, 9.17) is 5.73 Å². The van der Waals surface area contributed by atoms with Crippen LogP contribution >= 0.6 is 0 Å². The first-order chi connectivity index (χ1) is 8.25. The maximum absolute atomic E-state index is 5.80. The van der Waals surface area contributed by atoms with Gasteiger partial charge >= 0.3 is 0 Å². The number of anilines is 1. The van der Waals surface area contributed by atoms with Crippen molar-refractivity contribution in [2.24, 2.45) is 5.73 Å². The van der Waals surface area contributed by atoms with Gasteiger partial charge in [0.15, 0.2) is 0 Å². The van der Waals surface area contributed by atoms with E-state index >= 15 is 0 Å². The molecule has 2 rings (SSSR count). The SMILES string of the molecule is CC(N)Cc1ccnc(N2CCCCCC2)n1. The van der Waals surface area contributed by atoms with Gasteiger partial charge in [0.05, 0.1) is 0 Å². The lowest BCUT2D eigenvalue weighted by Gasteiger charge is -2.20. The molecule has 1 aromatic rings. The smallest absolute Gasteiger partial charge is 0.225 e. The van der Waals surface area contributed by atoms with Crippen molar-refractivity contribution in [1.82, 2.24) is 9.97 Å². The second-order valence-electron chi connectivity index (χ2n) is 4.93. The highest BCUT2D eigenvalue weighted by Gasteiger charge is 2.12. The van der Waals surface area contributed by atoms with Crippen molar-refractivity contribution >= 4 is 5.95 Å². The Morgan fingerprint density at radius 3 is 2.65 bits per heavy atom. The van der Waals surface area contributed by atoms with Crippen molar-refractivity contribution in [2.75, 3.05) is 18.0 Å². The third-order valence-electron chi connectivity index (χ3n) is 3.12. The Balaban J connectivity index is 2.08. The van der Waals surface area contributed by atoms with E-state index in [-0.39, 0.29) is 6.04 Å². The van der Waals surface area contributed by atoms with E-state index in [1.165, 1.54) is 25.7 Å². The summed E-state index contributed by atoms with van der Waals surface area (Å²) in [4.78, 5) is 11.3. The monoisotopic (exact) mass is 234 g/mol. The first kappa shape index (κ1) is 12.3. The highest BCUT2D eigenvalue weighted by Crippen LogP contribution is 2.15. The lowest BCUT2D eigenvalue weighted by molar-refractivity contribution is 0.707. The van der Waals surface area contributed by atoms with Crippen LogP contribution in [-0.2, 0) is 6.42 Å². The van der Waals surface area contributed by atoms with E-state index in [9.17, 15) is 0 Å². The van der Waals surface area contributed by atoms with Crippen LogP contribution in [0.25, 0.3) is 0 Å². The van der Waals surface area contributed by atoms with Crippen molar-refractivity contribution in [2.45, 2.75) is 45.1 Å². The van der Waals surface area contributed by atoms with Gasteiger partial charge in [-0.05, 0) is 25.8 Å². The normalized spacial score (nSPS) is 18.8. The average Bonchev–Trinajstić information content (AvgIpc) is 2.57. The van der Waals surface area contributed by atoms with Gasteiger partial charge in [0.1, 0.15) is 0 Å². The molecule has 2 heterocycles. The Morgan fingerprint density at radius 1 is 1.29 bits per heavy atom. The summed E-state index contributed by atoms with van der Waals surface area (Å²) in [5.41, 5.74) is 6.85. The van der Waals surface area contributed by atoms with E-state index in [2.05, 4.69) is 14.9 Å². The number of hydrogen-bond acceptors (Lipinski definition) is 4. The molecule has 4 nitrogen and oxygen atoms in total. The summed E-state index contributed by atoms with van der Waals surface area (Å²) < 4.78 is 0. The quantitative estimate of drug-likeness (QED) is 0.865. The second-order valence-corrected chi connectivity index (χ2v) is 4.93. The van der Waals surface area contributed by atoms with E-state index in [0.717, 1.165) is 31.2 Å². The fourth-order valence-electron chi connectivity index (χ4n) is 2.25. The second kappa shape index (κ2) is 5.96. The first-order valence-electron chi connectivity index (χ1n) is 6.58. The minimum absolute atomic E-state index is 0.155. The van der Waals surface area contributed by atoms with Gasteiger partial charge in [0.25, 0.3) is 0 Å². The molecule has 4 heteroatoms. The van der Waals surface area contributed by atoms with Crippen LogP contribution in [0.1, 0.15) is 38.3 Å². The molecule has 0 saturated carbocycles. The van der Waals surface area contributed by atoms with E-state index in [1.807, 2.05) is 19.2 Å². The molecule has 0 radical (unpaired) electrons. The number of nitrogens with two attached hydrogens (primary N) is 1. The molecule has 0 aliphatic carbocycles. The molecule has 0 amide bonds. The van der Waals surface area contributed by atoms with Gasteiger partial charge in [0.2, 0.25) is 5.95 Å². The topological polar surface area (TPSA) is 55.0 Å². The van der Waals surface area contributed by atoms with E-state index in [0.29, 0.717) is 0 Å². The summed E-state index contributed by atoms with van der Waals surface area (Å²) in [6.45, 7) is 4.18. The molecule has 0 aromatic carbocycles. The third kappa shape index (κ3) is 3.66. The van der Waals surface area contributed by atoms with Gasteiger partial charge in [0, 0.05) is 37.4 Å². The zero-order valence-corrected chi connectivity index (χ0v) is 10.6. The molecule has 1 aliphatic rings. The van der Waals surface area contributed by atoms with Crippen molar-refractivity contribution < 1.29 is 0 Å². The lowest BCUT2D eigenvalue weighted by atomic mass is 10.2. The molecule has 1 aromatic heterocycles. The number of rotatable bonds is 3. The zero-order chi connectivity index (χ0) is 12.1. The Kier molecular flexibility index (Phi) is 4.31. The summed E-state index contributed by atoms with van der Waals surface area (Å²) in [5, 5.41) is 0. The molecule has 1 aliphatic heterocycles. The molecular formula is C13H22N4. The van der Waals surface area contributed by atoms with Crippen LogP contribution in [0.5, 0.6) is 0 Å². The predicted molar refractivity (Wildman–Crippen MR) is 70.1 cm³/mol. The number of nitrogens with zero attached hydrogens (tertiary/aromatic N) is 3.